The highest BCUT2D eigenvalue weighted by molar-refractivity contribution is 6.34. The van der Waals surface area contributed by atoms with Gasteiger partial charge < -0.3 is 4.74 Å². The Morgan fingerprint density at radius 2 is 1.69 bits per heavy atom. The summed E-state index contributed by atoms with van der Waals surface area (Å²) in [6, 6.07) is 0.867. The number of rotatable bonds is 3. The minimum Gasteiger partial charge on any atom is -0.463 e. The third-order valence-corrected chi connectivity index (χ3v) is 1.86. The number of esters is 1. The predicted molar refractivity (Wildman–Crippen MR) is 47.0 cm³/mol. The summed E-state index contributed by atoms with van der Waals surface area (Å²) in [5, 5.41) is 0. The van der Waals surface area contributed by atoms with E-state index in [2.05, 4.69) is 4.74 Å². The van der Waals surface area contributed by atoms with E-state index >= 15 is 0 Å². The first kappa shape index (κ1) is 12.2. The first-order chi connectivity index (χ1) is 7.45. The lowest BCUT2D eigenvalue weighted by molar-refractivity contribution is -0.151. The standard InChI is InChI=1S/C10H7F3O3/c1-16-10(15)9(14)4-6-7(12)2-5(11)3-8(6)13/h2-3H,4H2,1H3. The van der Waals surface area contributed by atoms with Crippen LogP contribution in [0.15, 0.2) is 12.1 Å². The quantitative estimate of drug-likeness (QED) is 0.584. The molecular formula is C10H7F3O3. The van der Waals surface area contributed by atoms with Gasteiger partial charge in [0.25, 0.3) is 0 Å². The van der Waals surface area contributed by atoms with E-state index in [-0.39, 0.29) is 0 Å². The number of ketones is 1. The van der Waals surface area contributed by atoms with Gasteiger partial charge in [-0.2, -0.15) is 0 Å². The topological polar surface area (TPSA) is 43.4 Å². The first-order valence-electron chi connectivity index (χ1n) is 4.20. The van der Waals surface area contributed by atoms with Crippen LogP contribution in [0.3, 0.4) is 0 Å². The van der Waals surface area contributed by atoms with Gasteiger partial charge in [-0.05, 0) is 0 Å². The van der Waals surface area contributed by atoms with Crippen LogP contribution in [0.2, 0.25) is 0 Å². The molecule has 1 rings (SSSR count). The van der Waals surface area contributed by atoms with Gasteiger partial charge in [-0.3, -0.25) is 4.79 Å². The lowest BCUT2D eigenvalue weighted by atomic mass is 10.1. The fourth-order valence-corrected chi connectivity index (χ4v) is 1.09. The van der Waals surface area contributed by atoms with Crippen molar-refractivity contribution in [2.75, 3.05) is 7.11 Å². The van der Waals surface area contributed by atoms with Gasteiger partial charge in [0.1, 0.15) is 17.5 Å². The van der Waals surface area contributed by atoms with E-state index in [1.807, 2.05) is 0 Å². The Bertz CT molecular complexity index is 420. The van der Waals surface area contributed by atoms with Gasteiger partial charge in [0.15, 0.2) is 0 Å². The van der Waals surface area contributed by atoms with Crippen LogP contribution in [-0.4, -0.2) is 18.9 Å². The summed E-state index contributed by atoms with van der Waals surface area (Å²) >= 11 is 0. The maximum atomic E-state index is 13.1. The molecule has 0 heterocycles. The van der Waals surface area contributed by atoms with E-state index in [4.69, 9.17) is 0 Å². The van der Waals surface area contributed by atoms with Crippen molar-refractivity contribution in [2.24, 2.45) is 0 Å². The van der Waals surface area contributed by atoms with Crippen LogP contribution >= 0.6 is 0 Å². The highest BCUT2D eigenvalue weighted by Gasteiger charge is 2.20. The molecule has 0 aromatic heterocycles. The molecule has 0 aliphatic heterocycles. The molecule has 0 unspecified atom stereocenters. The Morgan fingerprint density at radius 3 is 2.12 bits per heavy atom. The van der Waals surface area contributed by atoms with Crippen LogP contribution in [0.25, 0.3) is 0 Å². The molecule has 0 spiro atoms. The first-order valence-corrected chi connectivity index (χ1v) is 4.20. The molecule has 0 aliphatic carbocycles. The third kappa shape index (κ3) is 2.59. The number of hydrogen-bond donors (Lipinski definition) is 0. The number of carbonyl (C=O) groups excluding carboxylic acids is 2. The van der Waals surface area contributed by atoms with Crippen LogP contribution < -0.4 is 0 Å². The lowest BCUT2D eigenvalue weighted by Gasteiger charge is -2.03. The van der Waals surface area contributed by atoms with Crippen molar-refractivity contribution in [1.82, 2.24) is 0 Å². The fraction of sp³-hybridized carbons (Fsp3) is 0.200. The SMILES string of the molecule is COC(=O)C(=O)Cc1c(F)cc(F)cc1F. The molecule has 6 heteroatoms. The Labute approximate surface area is 88.8 Å². The summed E-state index contributed by atoms with van der Waals surface area (Å²) in [6.45, 7) is 0. The predicted octanol–water partition coefficient (Wildman–Crippen LogP) is 1.39. The highest BCUT2D eigenvalue weighted by atomic mass is 19.1. The van der Waals surface area contributed by atoms with E-state index < -0.39 is 41.2 Å². The van der Waals surface area contributed by atoms with E-state index in [0.717, 1.165) is 7.11 Å². The Morgan fingerprint density at radius 1 is 1.19 bits per heavy atom. The van der Waals surface area contributed by atoms with Gasteiger partial charge in [-0.15, -0.1) is 0 Å². The molecule has 0 aliphatic rings. The average molecular weight is 232 g/mol. The normalized spacial score (nSPS) is 10.0. The number of halogens is 3. The van der Waals surface area contributed by atoms with Crippen molar-refractivity contribution in [2.45, 2.75) is 6.42 Å². The molecule has 0 saturated carbocycles. The van der Waals surface area contributed by atoms with Gasteiger partial charge in [0, 0.05) is 24.1 Å². The van der Waals surface area contributed by atoms with Crippen molar-refractivity contribution in [3.8, 4) is 0 Å². The Kier molecular flexibility index (Phi) is 3.65. The molecule has 0 fully saturated rings. The van der Waals surface area contributed by atoms with Crippen LogP contribution in [0, 0.1) is 17.5 Å². The molecule has 0 radical (unpaired) electrons. The molecule has 0 N–H and O–H groups in total. The zero-order valence-electron chi connectivity index (χ0n) is 8.22. The number of Topliss-reactive ketones (excluding diaryl/α,β-unsaturated/α-hetero) is 1. The summed E-state index contributed by atoms with van der Waals surface area (Å²) in [6.07, 6.45) is -0.801. The molecule has 1 aromatic rings. The molecule has 0 saturated heterocycles. The van der Waals surface area contributed by atoms with Gasteiger partial charge in [0.05, 0.1) is 7.11 Å². The minimum atomic E-state index is -1.21. The van der Waals surface area contributed by atoms with Gasteiger partial charge >= 0.3 is 5.97 Å². The number of methoxy groups -OCH3 is 1. The van der Waals surface area contributed by atoms with Crippen molar-refractivity contribution in [3.63, 3.8) is 0 Å². The van der Waals surface area contributed by atoms with Crippen molar-refractivity contribution < 1.29 is 27.5 Å². The van der Waals surface area contributed by atoms with Crippen LogP contribution in [-0.2, 0) is 20.7 Å². The minimum absolute atomic E-state index is 0.434. The molecule has 86 valence electrons. The number of hydrogen-bond acceptors (Lipinski definition) is 3. The summed E-state index contributed by atoms with van der Waals surface area (Å²) < 4.78 is 42.7. The molecular weight excluding hydrogens is 225 g/mol. The van der Waals surface area contributed by atoms with Crippen molar-refractivity contribution in [3.05, 3.63) is 35.1 Å². The van der Waals surface area contributed by atoms with E-state index in [1.165, 1.54) is 0 Å². The van der Waals surface area contributed by atoms with E-state index in [9.17, 15) is 22.8 Å². The average Bonchev–Trinajstić information content (AvgIpc) is 2.21. The van der Waals surface area contributed by atoms with Gasteiger partial charge in [-0.1, -0.05) is 0 Å². The Hall–Kier alpha value is -1.85. The molecule has 16 heavy (non-hydrogen) atoms. The van der Waals surface area contributed by atoms with E-state index in [0.29, 0.717) is 12.1 Å². The van der Waals surface area contributed by atoms with Crippen molar-refractivity contribution >= 4 is 11.8 Å². The Balaban J connectivity index is 2.98. The molecule has 0 amide bonds. The fourth-order valence-electron chi connectivity index (χ4n) is 1.09. The number of carbonyl (C=O) groups is 2. The summed E-state index contributed by atoms with van der Waals surface area (Å²) in [7, 11) is 0.970. The zero-order valence-corrected chi connectivity index (χ0v) is 8.22. The van der Waals surface area contributed by atoms with E-state index in [1.54, 1.807) is 0 Å². The summed E-state index contributed by atoms with van der Waals surface area (Å²) in [5.74, 6) is -5.83. The summed E-state index contributed by atoms with van der Waals surface area (Å²) in [5.41, 5.74) is -0.656. The number of ether oxygens (including phenoxy) is 1. The summed E-state index contributed by atoms with van der Waals surface area (Å²) in [4.78, 5) is 21.7. The van der Waals surface area contributed by atoms with Crippen LogP contribution in [0.4, 0.5) is 13.2 Å². The maximum Gasteiger partial charge on any atom is 0.374 e. The number of benzene rings is 1. The maximum absolute atomic E-state index is 13.1. The molecule has 0 bridgehead atoms. The highest BCUT2D eigenvalue weighted by Crippen LogP contribution is 2.15. The lowest BCUT2D eigenvalue weighted by Crippen LogP contribution is -2.19. The second kappa shape index (κ2) is 4.78. The monoisotopic (exact) mass is 232 g/mol. The third-order valence-electron chi connectivity index (χ3n) is 1.86. The molecule has 3 nitrogen and oxygen atoms in total. The zero-order chi connectivity index (χ0) is 12.3. The smallest absolute Gasteiger partial charge is 0.374 e. The van der Waals surface area contributed by atoms with Gasteiger partial charge in [0.2, 0.25) is 5.78 Å². The second-order valence-electron chi connectivity index (χ2n) is 2.94. The largest absolute Gasteiger partial charge is 0.463 e. The van der Waals surface area contributed by atoms with Crippen LogP contribution in [0.1, 0.15) is 5.56 Å². The second-order valence-corrected chi connectivity index (χ2v) is 2.94. The molecule has 0 atom stereocenters. The molecule has 1 aromatic carbocycles. The van der Waals surface area contributed by atoms with Crippen molar-refractivity contribution in [1.29, 1.82) is 0 Å². The van der Waals surface area contributed by atoms with Crippen LogP contribution in [0.5, 0.6) is 0 Å². The van der Waals surface area contributed by atoms with Gasteiger partial charge in [-0.25, -0.2) is 18.0 Å².